The minimum Gasteiger partial charge on any atom is -0.353 e. The molecule has 0 spiro atoms. The third-order valence-electron chi connectivity index (χ3n) is 3.78. The predicted molar refractivity (Wildman–Crippen MR) is 88.0 cm³/mol. The zero-order valence-electron chi connectivity index (χ0n) is 11.5. The van der Waals surface area contributed by atoms with Crippen LogP contribution in [0.2, 0.25) is 0 Å². The van der Waals surface area contributed by atoms with Gasteiger partial charge in [-0.25, -0.2) is 0 Å². The van der Waals surface area contributed by atoms with Gasteiger partial charge in [-0.1, -0.05) is 72.8 Å². The maximum absolute atomic E-state index is 3.32. The fourth-order valence-corrected chi connectivity index (χ4v) is 2.80. The van der Waals surface area contributed by atoms with Crippen LogP contribution in [0.1, 0.15) is 0 Å². The highest BCUT2D eigenvalue weighted by atomic mass is 14.7. The normalized spacial score (nSPS) is 10.9. The van der Waals surface area contributed by atoms with Crippen LogP contribution in [-0.4, -0.2) is 4.98 Å². The summed E-state index contributed by atoms with van der Waals surface area (Å²) < 4.78 is 0. The highest BCUT2D eigenvalue weighted by Gasteiger charge is 2.11. The fraction of sp³-hybridized carbons (Fsp3) is 0. The molecule has 0 aliphatic carbocycles. The summed E-state index contributed by atoms with van der Waals surface area (Å²) in [7, 11) is 0. The molecular formula is C20H14N. The van der Waals surface area contributed by atoms with Crippen molar-refractivity contribution in [1.29, 1.82) is 0 Å². The molecule has 1 heterocycles. The number of H-pyrrole nitrogens is 1. The summed E-state index contributed by atoms with van der Waals surface area (Å²) >= 11 is 0. The Kier molecular flexibility index (Phi) is 2.82. The van der Waals surface area contributed by atoms with Crippen molar-refractivity contribution in [2.75, 3.05) is 0 Å². The van der Waals surface area contributed by atoms with Crippen LogP contribution >= 0.6 is 0 Å². The number of fused-ring (bicyclic) bond motifs is 1. The van der Waals surface area contributed by atoms with Crippen LogP contribution in [0.4, 0.5) is 0 Å². The van der Waals surface area contributed by atoms with Crippen molar-refractivity contribution in [1.82, 2.24) is 4.98 Å². The van der Waals surface area contributed by atoms with Crippen molar-refractivity contribution < 1.29 is 0 Å². The molecule has 0 saturated carbocycles. The molecule has 0 unspecified atom stereocenters. The highest BCUT2D eigenvalue weighted by Crippen LogP contribution is 2.35. The Bertz CT molecular complexity index is 874. The van der Waals surface area contributed by atoms with Crippen LogP contribution < -0.4 is 0 Å². The zero-order valence-corrected chi connectivity index (χ0v) is 11.5. The topological polar surface area (TPSA) is 15.8 Å². The molecule has 0 amide bonds. The molecule has 21 heavy (non-hydrogen) atoms. The summed E-state index contributed by atoms with van der Waals surface area (Å²) in [5.74, 6) is 0. The number of aromatic amines is 1. The van der Waals surface area contributed by atoms with E-state index in [-0.39, 0.29) is 0 Å². The van der Waals surface area contributed by atoms with Crippen LogP contribution in [0.25, 0.3) is 33.2 Å². The Morgan fingerprint density at radius 3 is 2.00 bits per heavy atom. The van der Waals surface area contributed by atoms with Gasteiger partial charge in [0, 0.05) is 16.5 Å². The van der Waals surface area contributed by atoms with Gasteiger partial charge in [-0.3, -0.25) is 0 Å². The monoisotopic (exact) mass is 268 g/mol. The van der Waals surface area contributed by atoms with E-state index in [9.17, 15) is 0 Å². The number of aromatic nitrogens is 1. The maximum Gasteiger partial charge on any atom is 0.0717 e. The van der Waals surface area contributed by atoms with Crippen molar-refractivity contribution in [3.63, 3.8) is 0 Å². The Morgan fingerprint density at radius 1 is 0.619 bits per heavy atom. The Labute approximate surface area is 123 Å². The average molecular weight is 268 g/mol. The van der Waals surface area contributed by atoms with Crippen molar-refractivity contribution >= 4 is 10.9 Å². The van der Waals surface area contributed by atoms with Gasteiger partial charge in [-0.2, -0.15) is 0 Å². The maximum atomic E-state index is 3.32. The summed E-state index contributed by atoms with van der Waals surface area (Å²) in [6, 6.07) is 27.3. The molecule has 4 rings (SSSR count). The molecule has 99 valence electrons. The second-order valence-electron chi connectivity index (χ2n) is 5.09. The third-order valence-corrected chi connectivity index (χ3v) is 3.78. The van der Waals surface area contributed by atoms with Crippen LogP contribution in [0.5, 0.6) is 0 Å². The number of benzene rings is 3. The second-order valence-corrected chi connectivity index (χ2v) is 5.09. The molecule has 1 radical (unpaired) electrons. The first-order chi connectivity index (χ1) is 10.4. The van der Waals surface area contributed by atoms with Crippen LogP contribution in [0, 0.1) is 6.20 Å². The number of hydrogen-bond donors (Lipinski definition) is 1. The molecule has 4 aromatic rings. The van der Waals surface area contributed by atoms with E-state index in [1.54, 1.807) is 0 Å². The Balaban J connectivity index is 2.03. The largest absolute Gasteiger partial charge is 0.353 e. The summed E-state index contributed by atoms with van der Waals surface area (Å²) in [4.78, 5) is 3.27. The first-order valence-corrected chi connectivity index (χ1v) is 7.07. The second kappa shape index (κ2) is 4.95. The smallest absolute Gasteiger partial charge is 0.0717 e. The van der Waals surface area contributed by atoms with E-state index in [0.717, 1.165) is 11.1 Å². The van der Waals surface area contributed by atoms with Crippen LogP contribution in [0.3, 0.4) is 0 Å². The number of hydrogen-bond acceptors (Lipinski definition) is 0. The van der Waals surface area contributed by atoms with Crippen molar-refractivity contribution in [2.24, 2.45) is 0 Å². The molecule has 0 atom stereocenters. The van der Waals surface area contributed by atoms with Gasteiger partial charge in [0.05, 0.1) is 6.20 Å². The summed E-state index contributed by atoms with van der Waals surface area (Å²) in [5.41, 5.74) is 5.91. The van der Waals surface area contributed by atoms with Gasteiger partial charge in [0.15, 0.2) is 0 Å². The average Bonchev–Trinajstić information content (AvgIpc) is 3.00. The van der Waals surface area contributed by atoms with Gasteiger partial charge in [0.25, 0.3) is 0 Å². The molecule has 0 aliphatic heterocycles. The molecule has 1 N–H and O–H groups in total. The first-order valence-electron chi connectivity index (χ1n) is 7.07. The summed E-state index contributed by atoms with van der Waals surface area (Å²) in [6.07, 6.45) is 3.32. The molecule has 1 nitrogen and oxygen atoms in total. The molecule has 0 bridgehead atoms. The standard InChI is InChI=1S/C20H14N/c1-3-8-15(9-4-1)17-12-7-13-19-20(17)18(14-21-19)16-10-5-2-6-11-16/h1-13,21H. The molecule has 1 aromatic heterocycles. The third kappa shape index (κ3) is 2.03. The quantitative estimate of drug-likeness (QED) is 0.507. The van der Waals surface area contributed by atoms with Gasteiger partial charge in [-0.15, -0.1) is 0 Å². The Hall–Kier alpha value is -2.80. The van der Waals surface area contributed by atoms with Gasteiger partial charge < -0.3 is 4.98 Å². The summed E-state index contributed by atoms with van der Waals surface area (Å²) in [5, 5.41) is 1.23. The van der Waals surface area contributed by atoms with E-state index < -0.39 is 0 Å². The molecule has 0 saturated heterocycles. The van der Waals surface area contributed by atoms with E-state index in [4.69, 9.17) is 0 Å². The van der Waals surface area contributed by atoms with E-state index >= 15 is 0 Å². The minimum absolute atomic E-state index is 1.12. The molecule has 0 aliphatic rings. The lowest BCUT2D eigenvalue weighted by molar-refractivity contribution is 1.45. The van der Waals surface area contributed by atoms with Crippen LogP contribution in [0.15, 0.2) is 78.9 Å². The highest BCUT2D eigenvalue weighted by molar-refractivity contribution is 6.05. The van der Waals surface area contributed by atoms with Gasteiger partial charge >= 0.3 is 0 Å². The van der Waals surface area contributed by atoms with E-state index in [1.807, 2.05) is 12.1 Å². The van der Waals surface area contributed by atoms with Crippen molar-refractivity contribution in [3.05, 3.63) is 85.1 Å². The van der Waals surface area contributed by atoms with E-state index in [2.05, 4.69) is 77.9 Å². The van der Waals surface area contributed by atoms with Crippen LogP contribution in [-0.2, 0) is 0 Å². The molecule has 1 heteroatoms. The SMILES string of the molecule is [c]1[nH]c2cccc(-c3ccccc3)c2c1-c1ccccc1. The predicted octanol–water partition coefficient (Wildman–Crippen LogP) is 5.30. The first kappa shape index (κ1) is 12.0. The van der Waals surface area contributed by atoms with Gasteiger partial charge in [-0.05, 0) is 22.8 Å². The summed E-state index contributed by atoms with van der Waals surface area (Å²) in [6.45, 7) is 0. The van der Waals surface area contributed by atoms with Gasteiger partial charge in [0.2, 0.25) is 0 Å². The number of rotatable bonds is 2. The molecular weight excluding hydrogens is 254 g/mol. The fourth-order valence-electron chi connectivity index (χ4n) is 2.80. The van der Waals surface area contributed by atoms with Gasteiger partial charge in [0.1, 0.15) is 0 Å². The lowest BCUT2D eigenvalue weighted by atomic mass is 9.96. The minimum atomic E-state index is 1.12. The van der Waals surface area contributed by atoms with Crippen molar-refractivity contribution in [2.45, 2.75) is 0 Å². The molecule has 3 aromatic carbocycles. The van der Waals surface area contributed by atoms with Crippen molar-refractivity contribution in [3.8, 4) is 22.3 Å². The lowest BCUT2D eigenvalue weighted by Gasteiger charge is -2.06. The molecule has 0 fully saturated rings. The Morgan fingerprint density at radius 2 is 1.29 bits per heavy atom. The zero-order chi connectivity index (χ0) is 14.1. The number of nitrogens with one attached hydrogen (secondary N) is 1. The van der Waals surface area contributed by atoms with E-state index in [0.29, 0.717) is 0 Å². The van der Waals surface area contributed by atoms with E-state index in [1.165, 1.54) is 22.1 Å². The lowest BCUT2D eigenvalue weighted by Crippen LogP contribution is -1.81.